The third kappa shape index (κ3) is 4.14. The van der Waals surface area contributed by atoms with Crippen molar-refractivity contribution in [2.45, 2.75) is 57.6 Å². The molecule has 154 valence electrons. The van der Waals surface area contributed by atoms with Gasteiger partial charge in [0.1, 0.15) is 5.76 Å². The summed E-state index contributed by atoms with van der Waals surface area (Å²) in [6.45, 7) is 2.13. The molecule has 6 nitrogen and oxygen atoms in total. The van der Waals surface area contributed by atoms with Crippen LogP contribution in [0.5, 0.6) is 0 Å². The molecule has 1 aliphatic rings. The molecule has 2 heterocycles. The second-order valence-corrected chi connectivity index (χ2v) is 8.09. The van der Waals surface area contributed by atoms with Gasteiger partial charge < -0.3 is 14.6 Å². The number of nitrogens with zero attached hydrogens (tertiary/aromatic N) is 2. The highest BCUT2D eigenvalue weighted by molar-refractivity contribution is 5.79. The molecule has 6 heteroatoms. The predicted molar refractivity (Wildman–Crippen MR) is 112 cm³/mol. The third-order valence-electron chi connectivity index (χ3n) is 6.00. The Morgan fingerprint density at radius 3 is 2.69 bits per heavy atom. The van der Waals surface area contributed by atoms with Crippen LogP contribution in [-0.4, -0.2) is 32.5 Å². The number of hydrogen-bond donors (Lipinski definition) is 2. The molecule has 3 aromatic rings. The maximum atomic E-state index is 12.5. The molecule has 29 heavy (non-hydrogen) atoms. The summed E-state index contributed by atoms with van der Waals surface area (Å²) in [5.41, 5.74) is 2.21. The van der Waals surface area contributed by atoms with E-state index in [2.05, 4.69) is 24.0 Å². The molecule has 0 aliphatic heterocycles. The topological polar surface area (TPSA) is 88.5 Å². The first-order valence-corrected chi connectivity index (χ1v) is 10.5. The molecule has 0 unspecified atom stereocenters. The van der Waals surface area contributed by atoms with Crippen LogP contribution >= 0.6 is 0 Å². The van der Waals surface area contributed by atoms with Gasteiger partial charge in [-0.25, -0.2) is 4.79 Å². The normalized spacial score (nSPS) is 21.8. The molecule has 0 spiro atoms. The third-order valence-corrected chi connectivity index (χ3v) is 6.00. The van der Waals surface area contributed by atoms with E-state index in [0.29, 0.717) is 24.3 Å². The fourth-order valence-corrected chi connectivity index (χ4v) is 4.24. The van der Waals surface area contributed by atoms with Crippen molar-refractivity contribution >= 4 is 11.1 Å². The number of aryl methyl sites for hydroxylation is 1. The van der Waals surface area contributed by atoms with Crippen molar-refractivity contribution in [3.8, 4) is 11.3 Å². The van der Waals surface area contributed by atoms with Gasteiger partial charge in [0.05, 0.1) is 11.5 Å². The maximum absolute atomic E-state index is 12.5. The highest BCUT2D eigenvalue weighted by Crippen LogP contribution is 2.34. The van der Waals surface area contributed by atoms with E-state index < -0.39 is 6.10 Å². The Morgan fingerprint density at radius 1 is 1.21 bits per heavy atom. The zero-order valence-corrected chi connectivity index (χ0v) is 16.8. The van der Waals surface area contributed by atoms with E-state index in [-0.39, 0.29) is 24.3 Å². The quantitative estimate of drug-likeness (QED) is 0.595. The van der Waals surface area contributed by atoms with E-state index in [1.54, 1.807) is 10.8 Å². The Labute approximate surface area is 169 Å². The lowest BCUT2D eigenvalue weighted by molar-refractivity contribution is 0.0906. The van der Waals surface area contributed by atoms with Crippen molar-refractivity contribution in [3.63, 3.8) is 0 Å². The van der Waals surface area contributed by atoms with Crippen LogP contribution in [0.15, 0.2) is 45.7 Å². The number of aromatic nitrogens is 2. The Kier molecular flexibility index (Phi) is 5.83. The summed E-state index contributed by atoms with van der Waals surface area (Å²) < 4.78 is 7.41. The predicted octanol–water partition coefficient (Wildman–Crippen LogP) is 3.69. The van der Waals surface area contributed by atoms with Gasteiger partial charge in [0, 0.05) is 30.3 Å². The van der Waals surface area contributed by atoms with Gasteiger partial charge in [-0.3, -0.25) is 4.57 Å². The fraction of sp³-hybridized carbons (Fsp3) is 0.478. The number of furan rings is 1. The minimum atomic E-state index is -0.594. The van der Waals surface area contributed by atoms with Gasteiger partial charge in [-0.2, -0.15) is 4.98 Å². The van der Waals surface area contributed by atoms with Crippen LogP contribution in [0.4, 0.5) is 0 Å². The van der Waals surface area contributed by atoms with E-state index in [4.69, 9.17) is 4.42 Å². The van der Waals surface area contributed by atoms with E-state index in [1.807, 2.05) is 18.2 Å². The van der Waals surface area contributed by atoms with Crippen LogP contribution < -0.4 is 5.69 Å². The van der Waals surface area contributed by atoms with E-state index in [9.17, 15) is 15.0 Å². The minimum Gasteiger partial charge on any atom is -0.437 e. The molecular weight excluding hydrogens is 368 g/mol. The van der Waals surface area contributed by atoms with Crippen molar-refractivity contribution in [2.24, 2.45) is 5.92 Å². The van der Waals surface area contributed by atoms with E-state index in [0.717, 1.165) is 17.4 Å². The van der Waals surface area contributed by atoms with Crippen LogP contribution in [0.3, 0.4) is 0 Å². The first-order chi connectivity index (χ1) is 14.1. The Morgan fingerprint density at radius 2 is 2.00 bits per heavy atom. The first kappa shape index (κ1) is 19.9. The molecule has 1 aliphatic carbocycles. The molecule has 2 aromatic heterocycles. The number of benzene rings is 1. The van der Waals surface area contributed by atoms with Crippen LogP contribution in [0, 0.1) is 5.92 Å². The lowest BCUT2D eigenvalue weighted by Gasteiger charge is -2.12. The molecular formula is C23H28N2O4. The van der Waals surface area contributed by atoms with Crippen LogP contribution in [0.2, 0.25) is 0 Å². The van der Waals surface area contributed by atoms with Crippen LogP contribution in [0.1, 0.15) is 50.6 Å². The molecule has 1 fully saturated rings. The largest absolute Gasteiger partial charge is 0.437 e. The fourth-order valence-electron chi connectivity index (χ4n) is 4.24. The summed E-state index contributed by atoms with van der Waals surface area (Å²) in [4.78, 5) is 16.6. The van der Waals surface area contributed by atoms with Gasteiger partial charge in [0.15, 0.2) is 0 Å². The molecule has 0 saturated heterocycles. The van der Waals surface area contributed by atoms with Crippen molar-refractivity contribution in [1.29, 1.82) is 0 Å². The van der Waals surface area contributed by atoms with Gasteiger partial charge in [-0.1, -0.05) is 44.0 Å². The summed E-state index contributed by atoms with van der Waals surface area (Å²) in [7, 11) is 0. The lowest BCUT2D eigenvalue weighted by Crippen LogP contribution is -2.25. The zero-order valence-electron chi connectivity index (χ0n) is 16.8. The monoisotopic (exact) mass is 396 g/mol. The molecule has 4 rings (SSSR count). The summed E-state index contributed by atoms with van der Waals surface area (Å²) in [5.74, 6) is 0.489. The van der Waals surface area contributed by atoms with Crippen molar-refractivity contribution < 1.29 is 14.6 Å². The first-order valence-electron chi connectivity index (χ1n) is 10.5. The highest BCUT2D eigenvalue weighted by atomic mass is 16.3. The molecule has 1 aromatic carbocycles. The van der Waals surface area contributed by atoms with E-state index >= 15 is 0 Å². The second kappa shape index (κ2) is 8.51. The highest BCUT2D eigenvalue weighted by Gasteiger charge is 2.34. The zero-order chi connectivity index (χ0) is 20.4. The number of unbranched alkanes of at least 4 members (excludes halogenated alkanes) is 2. The Balaban J connectivity index is 1.58. The minimum absolute atomic E-state index is 0.0770. The van der Waals surface area contributed by atoms with Crippen LogP contribution in [0.25, 0.3) is 22.4 Å². The van der Waals surface area contributed by atoms with Gasteiger partial charge in [0.2, 0.25) is 5.71 Å². The number of hydrogen-bond acceptors (Lipinski definition) is 5. The summed E-state index contributed by atoms with van der Waals surface area (Å²) in [5, 5.41) is 20.2. The van der Waals surface area contributed by atoms with Gasteiger partial charge in [-0.05, 0) is 37.3 Å². The average molecular weight is 396 g/mol. The van der Waals surface area contributed by atoms with Crippen molar-refractivity contribution in [2.75, 3.05) is 6.61 Å². The molecule has 0 bridgehead atoms. The summed E-state index contributed by atoms with van der Waals surface area (Å²) in [6, 6.07) is 10.1. The smallest absolute Gasteiger partial charge is 0.351 e. The molecule has 3 atom stereocenters. The van der Waals surface area contributed by atoms with Gasteiger partial charge in [-0.15, -0.1) is 0 Å². The average Bonchev–Trinajstić information content (AvgIpc) is 3.30. The van der Waals surface area contributed by atoms with E-state index in [1.165, 1.54) is 24.8 Å². The molecule has 2 N–H and O–H groups in total. The van der Waals surface area contributed by atoms with Gasteiger partial charge in [0.25, 0.3) is 0 Å². The number of rotatable bonds is 7. The number of fused-ring (bicyclic) bond motifs is 1. The van der Waals surface area contributed by atoms with Crippen molar-refractivity contribution in [1.82, 2.24) is 9.55 Å². The number of aliphatic hydroxyl groups is 2. The van der Waals surface area contributed by atoms with Crippen molar-refractivity contribution in [3.05, 3.63) is 52.6 Å². The van der Waals surface area contributed by atoms with Crippen LogP contribution in [-0.2, 0) is 6.42 Å². The second-order valence-electron chi connectivity index (χ2n) is 8.09. The maximum Gasteiger partial charge on any atom is 0.351 e. The lowest BCUT2D eigenvalue weighted by atomic mass is 10.0. The summed E-state index contributed by atoms with van der Waals surface area (Å²) >= 11 is 0. The SMILES string of the molecule is CCCCCc1ccc(-c2cc3cn([C@@H]4C[C@H](CO)[C@@H](O)C4)c(=O)nc3o2)cc1. The van der Waals surface area contributed by atoms with Gasteiger partial charge >= 0.3 is 5.69 Å². The molecule has 0 amide bonds. The molecule has 1 saturated carbocycles. The standard InChI is InChI=1S/C23H28N2O4/c1-2-3-4-5-15-6-8-16(9-7-15)21-11-17-13-25(23(28)24-22(17)29-21)19-10-18(14-26)20(27)12-19/h6-9,11,13,18-20,26-27H,2-5,10,12,14H2,1H3/t18-,19-,20+/m1/s1. The Hall–Kier alpha value is -2.44. The molecule has 0 radical (unpaired) electrons. The Bertz CT molecular complexity index is 1020. The summed E-state index contributed by atoms with van der Waals surface area (Å²) in [6.07, 6.45) is 6.91. The number of aliphatic hydroxyl groups excluding tert-OH is 2.